The van der Waals surface area contributed by atoms with Crippen LogP contribution in [0.3, 0.4) is 0 Å². The van der Waals surface area contributed by atoms with Gasteiger partial charge in [0.15, 0.2) is 0 Å². The zero-order chi connectivity index (χ0) is 94.1. The molecule has 5 heterocycles. The molecule has 12 aromatic rings. The van der Waals surface area contributed by atoms with Crippen molar-refractivity contribution in [2.45, 2.75) is 235 Å². The van der Waals surface area contributed by atoms with Gasteiger partial charge in [0, 0.05) is 137 Å². The number of aryl methyl sites for hydroxylation is 4. The molecule has 15 rings (SSSR count). The molecule has 2 N–H and O–H groups in total. The molecule has 2 fully saturated rings. The van der Waals surface area contributed by atoms with Gasteiger partial charge in [-0.15, -0.1) is 21.5 Å². The van der Waals surface area contributed by atoms with Gasteiger partial charge in [-0.1, -0.05) is 286 Å². The van der Waals surface area contributed by atoms with Crippen LogP contribution in [0, 0.1) is 6.92 Å². The standard InChI is InChI=1S/C28H29N3O.C24H30N4.C24H39N3S.C23H30N2O2.C14H19NO2/c1-20-26(22-9-6-5-7-10-22)19-31(30-20)25-15-13-21(14-16-25)18-29-27(32)23-11-8-12-24(17-23)28(2,3)4;1-20(2)21-9-11-23(12-10-21)26-15-17-27(18-16-26)24(19-28-14-6-13-25-28)22-7-4-3-5-8-22;1-6-9-17-27(23-20(7-2)14-13-15-21(23)8-3)18-12-10-11-16-22-25-26-24(28-22)19(4)5;1-4-27-23(26)22(20-8-6-5-7-9-20)25-16-14-24(15-17-25)21-12-10-19(11-13-21)18(2)3;1-9(2)10-4-5-11-7-13(8-12(11)6-10)15-14(16)17-3/h5-17,19H,18H2,1-4H3,(H,29,32);3-14,20,24H,15-19H2,1-2H3;13-15,19H,6-12,16-18H2,1-5H3;5-13,18,22H,4,14-17H2,1-3H3;4-6,9,13H,7-8H2,1-3H3,(H,15,16)/t;;;;13-/m....1/s1. The van der Waals surface area contributed by atoms with Crippen molar-refractivity contribution in [3.05, 3.63) is 332 Å². The van der Waals surface area contributed by atoms with E-state index in [0.717, 1.165) is 137 Å². The van der Waals surface area contributed by atoms with Crippen LogP contribution in [0.25, 0.3) is 16.8 Å². The van der Waals surface area contributed by atoms with Gasteiger partial charge in [-0.2, -0.15) is 10.2 Å². The molecule has 2 aliphatic heterocycles. The van der Waals surface area contributed by atoms with E-state index in [1.54, 1.807) is 11.3 Å². The van der Waals surface area contributed by atoms with Crippen LogP contribution in [-0.4, -0.2) is 143 Å². The number of ether oxygens (including phenoxy) is 2. The molecule has 3 aliphatic rings. The third-order valence-corrected chi connectivity index (χ3v) is 26.6. The number of para-hydroxylation sites is 1. The van der Waals surface area contributed by atoms with Crippen LogP contribution >= 0.6 is 11.3 Å². The van der Waals surface area contributed by atoms with E-state index in [-0.39, 0.29) is 35.5 Å². The second-order valence-electron chi connectivity index (χ2n) is 37.3. The number of aromatic nitrogens is 6. The lowest BCUT2D eigenvalue weighted by Gasteiger charge is -2.40. The predicted molar refractivity (Wildman–Crippen MR) is 547 cm³/mol. The van der Waals surface area contributed by atoms with E-state index in [2.05, 4.69) is 308 Å². The number of hydrogen-bond acceptors (Lipinski definition) is 15. The van der Waals surface area contributed by atoms with Crippen LogP contribution in [0.1, 0.15) is 259 Å². The first kappa shape index (κ1) is 101. The zero-order valence-corrected chi connectivity index (χ0v) is 82.7. The molecular formula is C113H147N13O5S. The van der Waals surface area contributed by atoms with Gasteiger partial charge in [0.05, 0.1) is 37.7 Å². The van der Waals surface area contributed by atoms with Crippen LogP contribution in [0.4, 0.5) is 21.9 Å². The Morgan fingerprint density at radius 3 is 1.65 bits per heavy atom. The van der Waals surface area contributed by atoms with Crippen molar-refractivity contribution in [2.75, 3.05) is 93.9 Å². The highest BCUT2D eigenvalue weighted by Gasteiger charge is 2.33. The first-order chi connectivity index (χ1) is 63.8. The number of esters is 1. The molecular weight excluding hydrogens is 1650 g/mol. The fraction of sp³-hybridized carbons (Fsp3) is 0.425. The topological polar surface area (TPSA) is 171 Å². The number of methoxy groups -OCH3 is 1. The highest BCUT2D eigenvalue weighted by Crippen LogP contribution is 2.34. The van der Waals surface area contributed by atoms with Crippen molar-refractivity contribution in [1.82, 2.24) is 50.2 Å². The third kappa shape index (κ3) is 29.5. The number of nitrogens with one attached hydrogen (secondary N) is 2. The first-order valence-corrected chi connectivity index (χ1v) is 49.3. The molecule has 9 aromatic carbocycles. The molecule has 0 radical (unpaired) electrons. The summed E-state index contributed by atoms with van der Waals surface area (Å²) in [6.07, 6.45) is 17.0. The summed E-state index contributed by atoms with van der Waals surface area (Å²) >= 11 is 1.79. The first-order valence-electron chi connectivity index (χ1n) is 48.5. The Kier molecular flexibility index (Phi) is 39.0. The van der Waals surface area contributed by atoms with Crippen molar-refractivity contribution < 1.29 is 23.9 Å². The molecule has 700 valence electrons. The largest absolute Gasteiger partial charge is 0.465 e. The fourth-order valence-electron chi connectivity index (χ4n) is 17.4. The van der Waals surface area contributed by atoms with Gasteiger partial charge < -0.3 is 34.8 Å². The summed E-state index contributed by atoms with van der Waals surface area (Å²) < 4.78 is 13.9. The number of amides is 2. The lowest BCUT2D eigenvalue weighted by atomic mass is 9.86. The maximum Gasteiger partial charge on any atom is 0.407 e. The normalized spacial score (nSPS) is 14.3. The van der Waals surface area contributed by atoms with Gasteiger partial charge in [-0.25, -0.2) is 14.3 Å². The van der Waals surface area contributed by atoms with Gasteiger partial charge in [-0.05, 0) is 203 Å². The van der Waals surface area contributed by atoms with E-state index in [1.165, 1.54) is 117 Å². The number of unbranched alkanes of at least 4 members (excludes halogenated alkanes) is 3. The number of fused-ring (bicyclic) bond motifs is 1. The summed E-state index contributed by atoms with van der Waals surface area (Å²) in [4.78, 5) is 48.8. The van der Waals surface area contributed by atoms with Crippen molar-refractivity contribution in [3.8, 4) is 16.8 Å². The summed E-state index contributed by atoms with van der Waals surface area (Å²) in [5, 5.41) is 26.1. The molecule has 2 amide bonds. The van der Waals surface area contributed by atoms with Crippen LogP contribution in [0.5, 0.6) is 0 Å². The molecule has 2 unspecified atom stereocenters. The van der Waals surface area contributed by atoms with Crippen molar-refractivity contribution in [1.29, 1.82) is 0 Å². The number of piperazine rings is 2. The number of alkyl carbamates (subject to hydrolysis) is 1. The minimum Gasteiger partial charge on any atom is -0.465 e. The monoisotopic (exact) mass is 1800 g/mol. The number of rotatable bonds is 32. The van der Waals surface area contributed by atoms with Crippen molar-refractivity contribution in [2.24, 2.45) is 0 Å². The van der Waals surface area contributed by atoms with Crippen molar-refractivity contribution in [3.63, 3.8) is 0 Å². The van der Waals surface area contributed by atoms with Crippen LogP contribution in [-0.2, 0) is 64.9 Å². The molecule has 19 heteroatoms. The summed E-state index contributed by atoms with van der Waals surface area (Å²) in [5.41, 5.74) is 23.5. The number of anilines is 3. The molecule has 2 saturated heterocycles. The summed E-state index contributed by atoms with van der Waals surface area (Å²) in [6.45, 7) is 46.7. The average molecular weight is 1800 g/mol. The van der Waals surface area contributed by atoms with Crippen molar-refractivity contribution >= 4 is 46.4 Å². The summed E-state index contributed by atoms with van der Waals surface area (Å²) in [7, 11) is 1.40. The Morgan fingerprint density at radius 1 is 0.545 bits per heavy atom. The lowest BCUT2D eigenvalue weighted by molar-refractivity contribution is -0.150. The average Bonchev–Trinajstić information content (AvgIpc) is 1.60. The highest BCUT2D eigenvalue weighted by molar-refractivity contribution is 7.11. The Hall–Kier alpha value is -11.5. The second kappa shape index (κ2) is 50.9. The molecule has 0 spiro atoms. The predicted octanol–water partition coefficient (Wildman–Crippen LogP) is 24.3. The van der Waals surface area contributed by atoms with E-state index in [4.69, 9.17) is 4.74 Å². The van der Waals surface area contributed by atoms with Crippen LogP contribution in [0.15, 0.2) is 249 Å². The molecule has 3 aromatic heterocycles. The van der Waals surface area contributed by atoms with E-state index >= 15 is 0 Å². The molecule has 3 atom stereocenters. The molecule has 1 aliphatic carbocycles. The number of carbonyl (C=O) groups is 3. The smallest absolute Gasteiger partial charge is 0.407 e. The minimum atomic E-state index is -0.341. The fourth-order valence-corrected chi connectivity index (χ4v) is 18.3. The maximum atomic E-state index is 12.6. The van der Waals surface area contributed by atoms with Crippen LogP contribution < -0.4 is 25.3 Å². The van der Waals surface area contributed by atoms with Gasteiger partial charge in [-0.3, -0.25) is 19.3 Å². The highest BCUT2D eigenvalue weighted by atomic mass is 32.1. The Balaban J connectivity index is 0.000000161. The summed E-state index contributed by atoms with van der Waals surface area (Å²) in [6, 6.07) is 80.7. The van der Waals surface area contributed by atoms with E-state index in [1.807, 2.05) is 122 Å². The van der Waals surface area contributed by atoms with E-state index in [9.17, 15) is 14.4 Å². The Labute approximate surface area is 793 Å². The molecule has 0 bridgehead atoms. The minimum absolute atomic E-state index is 0.0113. The zero-order valence-electron chi connectivity index (χ0n) is 81.8. The second-order valence-corrected chi connectivity index (χ2v) is 38.4. The summed E-state index contributed by atoms with van der Waals surface area (Å²) in [5.74, 6) is 1.96. The number of nitrogens with zero attached hydrogens (tertiary/aromatic N) is 11. The maximum absolute atomic E-state index is 12.6. The van der Waals surface area contributed by atoms with Gasteiger partial charge in [0.25, 0.3) is 5.91 Å². The molecule has 132 heavy (non-hydrogen) atoms. The van der Waals surface area contributed by atoms with E-state index < -0.39 is 0 Å². The third-order valence-electron chi connectivity index (χ3n) is 25.3. The Bertz CT molecular complexity index is 5400. The van der Waals surface area contributed by atoms with Gasteiger partial charge >= 0.3 is 12.1 Å². The van der Waals surface area contributed by atoms with Gasteiger partial charge in [0.1, 0.15) is 16.1 Å². The number of hydrogen-bond donors (Lipinski definition) is 2. The SMILES string of the molecule is CC(C)c1ccc(N2CCN(C(Cn3cccn3)c3ccccc3)CC2)cc1.CCCCN(CCCCCc1nnc(C(C)C)s1)c1c(CC)cccc1CC.CCOC(=O)C(c1ccccc1)N1CCN(c2ccc(C(C)C)cc2)CC1.COC(=O)N[C@@H]1Cc2ccc(C(C)C)cc2C1.Cc1nn(-c2ccc(CNC(=O)c3cccc(C(C)(C)C)c3)cc2)cc1-c1ccccc1. The quantitative estimate of drug-likeness (QED) is 0.0301. The Morgan fingerprint density at radius 2 is 1.11 bits per heavy atom. The van der Waals surface area contributed by atoms with Crippen LogP contribution in [0.2, 0.25) is 0 Å². The van der Waals surface area contributed by atoms with Gasteiger partial charge in [0.2, 0.25) is 0 Å². The van der Waals surface area contributed by atoms with E-state index in [0.29, 0.717) is 48.4 Å². The number of carbonyl (C=O) groups excluding carboxylic acids is 3. The molecule has 0 saturated carbocycles. The number of benzene rings is 9. The lowest BCUT2D eigenvalue weighted by Crippen LogP contribution is -2.49. The molecule has 18 nitrogen and oxygen atoms in total.